The van der Waals surface area contributed by atoms with Gasteiger partial charge in [0.1, 0.15) is 12.0 Å². The topological polar surface area (TPSA) is 78.5 Å². The second kappa shape index (κ2) is 8.47. The Bertz CT molecular complexity index is 1020. The van der Waals surface area contributed by atoms with Crippen molar-refractivity contribution < 1.29 is 22.0 Å². The highest BCUT2D eigenvalue weighted by Gasteiger charge is 2.34. The molecule has 0 amide bonds. The van der Waals surface area contributed by atoms with Crippen LogP contribution in [0.1, 0.15) is 12.8 Å². The summed E-state index contributed by atoms with van der Waals surface area (Å²) >= 11 is 8.17. The third-order valence-corrected chi connectivity index (χ3v) is 6.77. The Labute approximate surface area is 179 Å². The Morgan fingerprint density at radius 3 is 2.61 bits per heavy atom. The van der Waals surface area contributed by atoms with Gasteiger partial charge in [0.2, 0.25) is 0 Å². The number of carbonyl (C=O) groups excluding carboxylic acids is 1. The summed E-state index contributed by atoms with van der Waals surface area (Å²) in [6.45, 7) is 0.161. The van der Waals surface area contributed by atoms with Crippen LogP contribution in [0.3, 0.4) is 0 Å². The van der Waals surface area contributed by atoms with Crippen molar-refractivity contribution in [3.63, 3.8) is 0 Å². The van der Waals surface area contributed by atoms with Crippen LogP contribution in [0.5, 0.6) is 0 Å². The quantitative estimate of drug-likeness (QED) is 0.423. The van der Waals surface area contributed by atoms with Crippen molar-refractivity contribution in [2.24, 2.45) is 0 Å². The van der Waals surface area contributed by atoms with E-state index in [0.717, 1.165) is 20.0 Å². The summed E-state index contributed by atoms with van der Waals surface area (Å²) in [5, 5.41) is 2.90. The number of carbonyl (C=O) groups is 1. The van der Waals surface area contributed by atoms with Crippen molar-refractivity contribution in [2.45, 2.75) is 18.9 Å². The minimum atomic E-state index is -4.15. The molecule has 6 nitrogen and oxygen atoms in total. The molecule has 2 aromatic rings. The Hall–Kier alpha value is -1.50. The van der Waals surface area contributed by atoms with Crippen molar-refractivity contribution in [2.75, 3.05) is 16.6 Å². The molecular weight excluding hydrogens is 527 g/mol. The summed E-state index contributed by atoms with van der Waals surface area (Å²) in [5.74, 6) is -2.41. The summed E-state index contributed by atoms with van der Waals surface area (Å²) in [7, 11) is -4.15. The second-order valence-electron chi connectivity index (χ2n) is 6.10. The number of hydrogen-bond acceptors (Lipinski definition) is 4. The average Bonchev–Trinajstić information content (AvgIpc) is 3.13. The Balaban J connectivity index is 1.98. The number of benzene rings is 2. The lowest BCUT2D eigenvalue weighted by atomic mass is 10.2. The van der Waals surface area contributed by atoms with E-state index in [9.17, 15) is 22.0 Å². The number of anilines is 3. The van der Waals surface area contributed by atoms with Gasteiger partial charge >= 0.3 is 10.2 Å². The van der Waals surface area contributed by atoms with Gasteiger partial charge in [-0.1, -0.05) is 11.6 Å². The molecule has 0 aromatic heterocycles. The fraction of sp³-hybridized carbons (Fsp3) is 0.235. The molecule has 1 atom stereocenters. The van der Waals surface area contributed by atoms with E-state index in [1.54, 1.807) is 18.2 Å². The van der Waals surface area contributed by atoms with E-state index >= 15 is 0 Å². The van der Waals surface area contributed by atoms with E-state index in [1.165, 1.54) is 0 Å². The second-order valence-corrected chi connectivity index (χ2v) is 9.37. The van der Waals surface area contributed by atoms with E-state index in [2.05, 4.69) is 10.0 Å². The Kier molecular flexibility index (Phi) is 6.42. The molecule has 2 aromatic carbocycles. The smallest absolute Gasteiger partial charge is 0.302 e. The summed E-state index contributed by atoms with van der Waals surface area (Å²) in [5.41, 5.74) is -0.336. The first-order valence-corrected chi connectivity index (χ1v) is 11.1. The fourth-order valence-electron chi connectivity index (χ4n) is 2.88. The Morgan fingerprint density at radius 1 is 1.21 bits per heavy atom. The van der Waals surface area contributed by atoms with Crippen LogP contribution in [0.25, 0.3) is 0 Å². The fourth-order valence-corrected chi connectivity index (χ4v) is 5.23. The predicted molar refractivity (Wildman–Crippen MR) is 112 cm³/mol. The van der Waals surface area contributed by atoms with E-state index in [1.807, 2.05) is 22.6 Å². The van der Waals surface area contributed by atoms with E-state index in [4.69, 9.17) is 11.6 Å². The maximum Gasteiger partial charge on any atom is 0.302 e. The van der Waals surface area contributed by atoms with Crippen LogP contribution in [0.4, 0.5) is 25.8 Å². The van der Waals surface area contributed by atoms with E-state index in [0.29, 0.717) is 19.1 Å². The van der Waals surface area contributed by atoms with Crippen LogP contribution in [0.2, 0.25) is 5.02 Å². The summed E-state index contributed by atoms with van der Waals surface area (Å²) in [4.78, 5) is 11.1. The van der Waals surface area contributed by atoms with Gasteiger partial charge in [0, 0.05) is 10.1 Å². The molecular formula is C17H15ClF2IN3O3S. The van der Waals surface area contributed by atoms with Gasteiger partial charge in [-0.2, -0.15) is 12.7 Å². The van der Waals surface area contributed by atoms with Gasteiger partial charge in [0.05, 0.1) is 22.4 Å². The minimum Gasteiger partial charge on any atom is -0.350 e. The minimum absolute atomic E-state index is 0.161. The van der Waals surface area contributed by atoms with Gasteiger partial charge in [0.25, 0.3) is 0 Å². The molecule has 1 saturated heterocycles. The lowest BCUT2D eigenvalue weighted by molar-refractivity contribution is -0.110. The monoisotopic (exact) mass is 541 g/mol. The van der Waals surface area contributed by atoms with Gasteiger partial charge in [0.15, 0.2) is 11.6 Å². The molecule has 2 N–H and O–H groups in total. The number of hydrogen-bond donors (Lipinski definition) is 2. The highest BCUT2D eigenvalue weighted by Crippen LogP contribution is 2.35. The van der Waals surface area contributed by atoms with Crippen molar-refractivity contribution in [3.05, 3.63) is 50.6 Å². The Morgan fingerprint density at radius 2 is 1.93 bits per heavy atom. The van der Waals surface area contributed by atoms with Gasteiger partial charge in [-0.25, -0.2) is 8.78 Å². The highest BCUT2D eigenvalue weighted by molar-refractivity contribution is 14.1. The molecule has 1 heterocycles. The largest absolute Gasteiger partial charge is 0.350 e. The highest BCUT2D eigenvalue weighted by atomic mass is 127. The van der Waals surface area contributed by atoms with Crippen molar-refractivity contribution in [1.29, 1.82) is 0 Å². The molecule has 0 saturated carbocycles. The lowest BCUT2D eigenvalue weighted by Crippen LogP contribution is -2.40. The van der Waals surface area contributed by atoms with Crippen LogP contribution in [-0.2, 0) is 15.0 Å². The van der Waals surface area contributed by atoms with Crippen LogP contribution >= 0.6 is 34.2 Å². The number of nitrogens with one attached hydrogen (secondary N) is 2. The lowest BCUT2D eigenvalue weighted by Gasteiger charge is -2.22. The number of nitrogens with zero attached hydrogens (tertiary/aromatic N) is 1. The zero-order valence-corrected chi connectivity index (χ0v) is 18.0. The molecule has 1 aliphatic rings. The number of rotatable bonds is 6. The zero-order chi connectivity index (χ0) is 20.5. The maximum atomic E-state index is 14.5. The third-order valence-electron chi connectivity index (χ3n) is 4.24. The third kappa shape index (κ3) is 4.39. The van der Waals surface area contributed by atoms with Crippen LogP contribution < -0.4 is 10.0 Å². The van der Waals surface area contributed by atoms with Crippen LogP contribution in [-0.4, -0.2) is 31.6 Å². The van der Waals surface area contributed by atoms with Crippen molar-refractivity contribution in [1.82, 2.24) is 4.31 Å². The normalized spacial score (nSPS) is 17.5. The first-order valence-electron chi connectivity index (χ1n) is 8.18. The first-order chi connectivity index (χ1) is 13.2. The summed E-state index contributed by atoms with van der Waals surface area (Å²) < 4.78 is 57.7. The first kappa shape index (κ1) is 21.2. The van der Waals surface area contributed by atoms with Gasteiger partial charge in [-0.15, -0.1) is 0 Å². The number of aldehydes is 1. The van der Waals surface area contributed by atoms with Crippen LogP contribution in [0, 0.1) is 15.2 Å². The molecule has 1 aliphatic heterocycles. The standard InChI is InChI=1S/C17H15ClF2IN3O3S/c18-12-8-10(21)3-5-14(12)22-17-15(6-4-13(19)16(17)20)23-28(26,27)24-7-1-2-11(24)9-25/h3-6,8-9,11,22-23H,1-2,7H2. The van der Waals surface area contributed by atoms with Crippen LogP contribution in [0.15, 0.2) is 30.3 Å². The molecule has 11 heteroatoms. The average molecular weight is 542 g/mol. The van der Waals surface area contributed by atoms with Crippen molar-refractivity contribution in [3.8, 4) is 0 Å². The van der Waals surface area contributed by atoms with Gasteiger partial charge in [-0.05, 0) is 65.8 Å². The molecule has 0 bridgehead atoms. The summed E-state index contributed by atoms with van der Waals surface area (Å²) in [6.07, 6.45) is 1.50. The molecule has 1 fully saturated rings. The predicted octanol–water partition coefficient (Wildman–Crippen LogP) is 4.29. The maximum absolute atomic E-state index is 14.5. The molecule has 1 unspecified atom stereocenters. The molecule has 0 radical (unpaired) electrons. The molecule has 0 spiro atoms. The molecule has 3 rings (SSSR count). The summed E-state index contributed by atoms with van der Waals surface area (Å²) in [6, 6.07) is 6.01. The number of halogens is 4. The van der Waals surface area contributed by atoms with E-state index in [-0.39, 0.29) is 22.9 Å². The van der Waals surface area contributed by atoms with Gasteiger partial charge in [-0.3, -0.25) is 4.72 Å². The zero-order valence-electron chi connectivity index (χ0n) is 14.3. The van der Waals surface area contributed by atoms with Crippen molar-refractivity contribution >= 4 is 67.7 Å². The van der Waals surface area contributed by atoms with Gasteiger partial charge < -0.3 is 10.1 Å². The van der Waals surface area contributed by atoms with E-state index < -0.39 is 33.6 Å². The molecule has 0 aliphatic carbocycles. The SMILES string of the molecule is O=CC1CCCN1S(=O)(=O)Nc1ccc(F)c(F)c1Nc1ccc(I)cc1Cl. The molecule has 150 valence electrons. The molecule has 28 heavy (non-hydrogen) atoms.